The molecule has 0 radical (unpaired) electrons. The van der Waals surface area contributed by atoms with Gasteiger partial charge in [-0.15, -0.1) is 0 Å². The second-order valence-corrected chi connectivity index (χ2v) is 13.6. The average Bonchev–Trinajstić information content (AvgIpc) is 3.70. The van der Waals surface area contributed by atoms with Crippen LogP contribution in [0.4, 0.5) is 0 Å². The van der Waals surface area contributed by atoms with E-state index in [9.17, 15) is 0 Å². The molecular formula is C47H34N4O. The molecule has 248 valence electrons. The first-order valence-corrected chi connectivity index (χ1v) is 17.8. The van der Waals surface area contributed by atoms with Gasteiger partial charge in [0.1, 0.15) is 11.2 Å². The summed E-state index contributed by atoms with van der Waals surface area (Å²) >= 11 is 0. The van der Waals surface area contributed by atoms with Crippen LogP contribution in [-0.2, 0) is 0 Å². The molecule has 0 fully saturated rings. The minimum Gasteiger partial charge on any atom is -0.456 e. The number of rotatable bonds is 5. The lowest BCUT2D eigenvalue weighted by Gasteiger charge is -2.21. The van der Waals surface area contributed by atoms with Crippen molar-refractivity contribution in [2.45, 2.75) is 13.8 Å². The SMILES string of the molecule is C/C=C\c1c(C)n(-c2ccc3c(c2)oc2cccc(-c4nc(-c5ccccc5)nc(-c5ccc6ccccc6c5)n4)c23)c2c1=CC1C=CC=CC1C=2. The highest BCUT2D eigenvalue weighted by molar-refractivity contribution is 6.12. The molecule has 10 rings (SSSR count). The van der Waals surface area contributed by atoms with E-state index in [1.165, 1.54) is 27.2 Å². The Bertz CT molecular complexity index is 2940. The summed E-state index contributed by atoms with van der Waals surface area (Å²) in [4.78, 5) is 15.2. The monoisotopic (exact) mass is 670 g/mol. The molecule has 2 aliphatic carbocycles. The maximum absolute atomic E-state index is 6.64. The van der Waals surface area contributed by atoms with Gasteiger partial charge in [0.05, 0.1) is 5.35 Å². The summed E-state index contributed by atoms with van der Waals surface area (Å²) in [5.41, 5.74) is 7.93. The average molecular weight is 671 g/mol. The number of hydrogen-bond donors (Lipinski definition) is 0. The highest BCUT2D eigenvalue weighted by Crippen LogP contribution is 2.38. The second kappa shape index (κ2) is 12.0. The maximum Gasteiger partial charge on any atom is 0.164 e. The Labute approximate surface area is 300 Å². The van der Waals surface area contributed by atoms with Gasteiger partial charge in [-0.25, -0.2) is 15.0 Å². The zero-order valence-corrected chi connectivity index (χ0v) is 28.9. The lowest BCUT2D eigenvalue weighted by Crippen LogP contribution is -2.35. The van der Waals surface area contributed by atoms with E-state index in [2.05, 4.69) is 134 Å². The van der Waals surface area contributed by atoms with Crippen molar-refractivity contribution in [2.24, 2.45) is 11.8 Å². The summed E-state index contributed by atoms with van der Waals surface area (Å²) in [7, 11) is 0. The van der Waals surface area contributed by atoms with E-state index in [-0.39, 0.29) is 0 Å². The highest BCUT2D eigenvalue weighted by atomic mass is 16.3. The number of benzene rings is 5. The van der Waals surface area contributed by atoms with Gasteiger partial charge in [0.2, 0.25) is 0 Å². The van der Waals surface area contributed by atoms with Gasteiger partial charge in [0, 0.05) is 67.5 Å². The first-order valence-electron chi connectivity index (χ1n) is 17.8. The van der Waals surface area contributed by atoms with Crippen molar-refractivity contribution < 1.29 is 4.42 Å². The summed E-state index contributed by atoms with van der Waals surface area (Å²) in [6.07, 6.45) is 18.1. The van der Waals surface area contributed by atoms with Gasteiger partial charge in [-0.1, -0.05) is 127 Å². The Kier molecular flexibility index (Phi) is 7.00. The predicted molar refractivity (Wildman–Crippen MR) is 213 cm³/mol. The van der Waals surface area contributed by atoms with E-state index in [4.69, 9.17) is 19.4 Å². The molecule has 0 aliphatic heterocycles. The fraction of sp³-hybridized carbons (Fsp3) is 0.0851. The molecule has 52 heavy (non-hydrogen) atoms. The minimum atomic E-state index is 0.335. The molecule has 2 unspecified atom stereocenters. The van der Waals surface area contributed by atoms with Crippen LogP contribution < -0.4 is 10.6 Å². The molecule has 3 aromatic heterocycles. The second-order valence-electron chi connectivity index (χ2n) is 13.6. The Morgan fingerprint density at radius 3 is 2.23 bits per heavy atom. The van der Waals surface area contributed by atoms with Crippen LogP contribution in [0.15, 0.2) is 144 Å². The van der Waals surface area contributed by atoms with Crippen LogP contribution >= 0.6 is 0 Å². The normalized spacial score (nSPS) is 16.3. The largest absolute Gasteiger partial charge is 0.456 e. The molecule has 5 nitrogen and oxygen atoms in total. The predicted octanol–water partition coefficient (Wildman–Crippen LogP) is 9.99. The topological polar surface area (TPSA) is 56.7 Å². The van der Waals surface area contributed by atoms with Gasteiger partial charge in [-0.2, -0.15) is 0 Å². The molecule has 0 saturated heterocycles. The van der Waals surface area contributed by atoms with Crippen LogP contribution in [0.1, 0.15) is 18.2 Å². The lowest BCUT2D eigenvalue weighted by atomic mass is 9.84. The van der Waals surface area contributed by atoms with E-state index in [1.54, 1.807) is 0 Å². The van der Waals surface area contributed by atoms with Crippen LogP contribution in [0, 0.1) is 18.8 Å². The van der Waals surface area contributed by atoms with Crippen LogP contribution in [-0.4, -0.2) is 19.5 Å². The molecule has 0 bridgehead atoms. The molecule has 2 atom stereocenters. The van der Waals surface area contributed by atoms with Gasteiger partial charge in [0.15, 0.2) is 17.5 Å². The third kappa shape index (κ3) is 4.89. The molecule has 0 saturated carbocycles. The fourth-order valence-electron chi connectivity index (χ4n) is 7.96. The van der Waals surface area contributed by atoms with Crippen molar-refractivity contribution >= 4 is 50.9 Å². The molecule has 8 aromatic rings. The van der Waals surface area contributed by atoms with Gasteiger partial charge >= 0.3 is 0 Å². The van der Waals surface area contributed by atoms with Crippen molar-refractivity contribution in [3.63, 3.8) is 0 Å². The van der Waals surface area contributed by atoms with Gasteiger partial charge in [-0.05, 0) is 48.9 Å². The molecule has 0 N–H and O–H groups in total. The third-order valence-electron chi connectivity index (χ3n) is 10.5. The number of nitrogens with zero attached hydrogens (tertiary/aromatic N) is 4. The molecule has 0 spiro atoms. The van der Waals surface area contributed by atoms with Crippen molar-refractivity contribution in [3.05, 3.63) is 161 Å². The number of furan rings is 1. The molecule has 3 heterocycles. The lowest BCUT2D eigenvalue weighted by molar-refractivity contribution is 0.668. The summed E-state index contributed by atoms with van der Waals surface area (Å²) in [6, 6.07) is 37.5. The van der Waals surface area contributed by atoms with Gasteiger partial charge in [0.25, 0.3) is 0 Å². The van der Waals surface area contributed by atoms with E-state index < -0.39 is 0 Å². The van der Waals surface area contributed by atoms with E-state index in [0.717, 1.165) is 49.7 Å². The van der Waals surface area contributed by atoms with Crippen LogP contribution in [0.3, 0.4) is 0 Å². The summed E-state index contributed by atoms with van der Waals surface area (Å²) < 4.78 is 9.02. The smallest absolute Gasteiger partial charge is 0.164 e. The molecular weight excluding hydrogens is 637 g/mol. The molecule has 5 aromatic carbocycles. The molecule has 0 amide bonds. The fourth-order valence-corrected chi connectivity index (χ4v) is 7.96. The Morgan fingerprint density at radius 2 is 1.40 bits per heavy atom. The zero-order valence-electron chi connectivity index (χ0n) is 28.9. The van der Waals surface area contributed by atoms with Crippen molar-refractivity contribution in [3.8, 4) is 39.9 Å². The zero-order chi connectivity index (χ0) is 34.8. The van der Waals surface area contributed by atoms with E-state index >= 15 is 0 Å². The molecule has 2 aliphatic rings. The van der Waals surface area contributed by atoms with Crippen LogP contribution in [0.5, 0.6) is 0 Å². The van der Waals surface area contributed by atoms with Gasteiger partial charge < -0.3 is 8.98 Å². The number of allylic oxidation sites excluding steroid dienone is 5. The maximum atomic E-state index is 6.64. The number of hydrogen-bond acceptors (Lipinski definition) is 4. The number of fused-ring (bicyclic) bond motifs is 6. The highest BCUT2D eigenvalue weighted by Gasteiger charge is 2.23. The first-order chi connectivity index (χ1) is 25.6. The third-order valence-corrected chi connectivity index (χ3v) is 10.5. The van der Waals surface area contributed by atoms with E-state index in [0.29, 0.717) is 29.3 Å². The Morgan fingerprint density at radius 1 is 0.654 bits per heavy atom. The standard InChI is InChI=1S/C47H34N4O/c1-3-12-37-29(2)51(41-27-34-18-10-9-17-33(34)26-40(37)41)36-23-24-38-43(28-36)52-42-20-11-19-39(44(38)42)47-49-45(31-14-5-4-6-15-31)48-46(50-47)35-22-21-30-13-7-8-16-32(30)25-35/h3-28,33-34H,1-2H3/b12-3-. The van der Waals surface area contributed by atoms with E-state index in [1.807, 2.05) is 42.5 Å². The van der Waals surface area contributed by atoms with Crippen molar-refractivity contribution in [1.29, 1.82) is 0 Å². The summed E-state index contributed by atoms with van der Waals surface area (Å²) in [5, 5.41) is 6.84. The van der Waals surface area contributed by atoms with Crippen LogP contribution in [0.2, 0.25) is 0 Å². The summed E-state index contributed by atoms with van der Waals surface area (Å²) in [5.74, 6) is 2.57. The Balaban J connectivity index is 1.16. The molecule has 5 heteroatoms. The quantitative estimate of drug-likeness (QED) is 0.183. The Hall–Kier alpha value is -6.59. The van der Waals surface area contributed by atoms with Gasteiger partial charge in [-0.3, -0.25) is 0 Å². The number of aromatic nitrogens is 4. The van der Waals surface area contributed by atoms with Crippen molar-refractivity contribution in [2.75, 3.05) is 0 Å². The minimum absolute atomic E-state index is 0.335. The van der Waals surface area contributed by atoms with Crippen LogP contribution in [0.25, 0.3) is 90.8 Å². The first kappa shape index (κ1) is 30.3. The van der Waals surface area contributed by atoms with Crippen molar-refractivity contribution in [1.82, 2.24) is 19.5 Å². The summed E-state index contributed by atoms with van der Waals surface area (Å²) in [6.45, 7) is 4.30.